The number of hydrogen-bond donors (Lipinski definition) is 0. The molecule has 0 saturated heterocycles. The van der Waals surface area contributed by atoms with Crippen LogP contribution in [-0.2, 0) is 0 Å². The smallest absolute Gasteiger partial charge is 0.0998 e. The number of nitrogens with zero attached hydrogens (tertiary/aromatic N) is 2. The average Bonchev–Trinajstić information content (AvgIpc) is 3.41. The summed E-state index contributed by atoms with van der Waals surface area (Å²) in [5, 5.41) is 12.2. The van der Waals surface area contributed by atoms with E-state index >= 15 is 0 Å². The summed E-state index contributed by atoms with van der Waals surface area (Å²) in [6.07, 6.45) is 0. The van der Waals surface area contributed by atoms with E-state index in [-0.39, 0.29) is 0 Å². The van der Waals surface area contributed by atoms with Gasteiger partial charge in [0.1, 0.15) is 0 Å². The van der Waals surface area contributed by atoms with Crippen LogP contribution >= 0.6 is 0 Å². The van der Waals surface area contributed by atoms with Crippen LogP contribution in [0.4, 0.5) is 17.1 Å². The van der Waals surface area contributed by atoms with Crippen molar-refractivity contribution in [1.29, 1.82) is 5.26 Å². The number of fused-ring (bicyclic) bond motifs is 3. The molecule has 2 heteroatoms. The molecule has 0 bridgehead atoms. The summed E-state index contributed by atoms with van der Waals surface area (Å²) in [6, 6.07) is 57.8. The Balaban J connectivity index is 1.19. The van der Waals surface area contributed by atoms with E-state index in [2.05, 4.69) is 138 Å². The number of anilines is 3. The topological polar surface area (TPSA) is 27.0 Å². The molecule has 1 aliphatic rings. The van der Waals surface area contributed by atoms with Crippen LogP contribution in [-0.4, -0.2) is 0 Å². The molecule has 7 aromatic carbocycles. The number of benzene rings is 7. The molecule has 0 fully saturated rings. The second kappa shape index (κ2) is 10.2. The van der Waals surface area contributed by atoms with Gasteiger partial charge in [0.2, 0.25) is 0 Å². The Bertz CT molecular complexity index is 2140. The average molecular weight is 547 g/mol. The van der Waals surface area contributed by atoms with Gasteiger partial charge in [-0.25, -0.2) is 0 Å². The largest absolute Gasteiger partial charge is 0.311 e. The molecule has 0 spiro atoms. The van der Waals surface area contributed by atoms with Crippen molar-refractivity contribution in [2.45, 2.75) is 0 Å². The van der Waals surface area contributed by atoms with Crippen LogP contribution in [0.3, 0.4) is 0 Å². The van der Waals surface area contributed by atoms with Gasteiger partial charge in [-0.2, -0.15) is 5.26 Å². The van der Waals surface area contributed by atoms with Crippen molar-refractivity contribution in [3.8, 4) is 50.6 Å². The second-order valence-corrected chi connectivity index (χ2v) is 10.9. The molecule has 2 nitrogen and oxygen atoms in total. The zero-order valence-corrected chi connectivity index (χ0v) is 23.4. The van der Waals surface area contributed by atoms with Gasteiger partial charge in [0, 0.05) is 17.1 Å². The summed E-state index contributed by atoms with van der Waals surface area (Å²) in [5.41, 5.74) is 13.6. The monoisotopic (exact) mass is 546 g/mol. The van der Waals surface area contributed by atoms with E-state index in [4.69, 9.17) is 0 Å². The fourth-order valence-electron chi connectivity index (χ4n) is 6.50. The predicted molar refractivity (Wildman–Crippen MR) is 179 cm³/mol. The van der Waals surface area contributed by atoms with Crippen molar-refractivity contribution in [3.05, 3.63) is 163 Å². The Hall–Kier alpha value is -5.91. The quantitative estimate of drug-likeness (QED) is 0.215. The first-order valence-electron chi connectivity index (χ1n) is 14.5. The lowest BCUT2D eigenvalue weighted by Crippen LogP contribution is -2.09. The van der Waals surface area contributed by atoms with E-state index in [0.29, 0.717) is 5.56 Å². The summed E-state index contributed by atoms with van der Waals surface area (Å²) in [5.74, 6) is 0. The first kappa shape index (κ1) is 24.9. The van der Waals surface area contributed by atoms with E-state index < -0.39 is 0 Å². The zero-order valence-electron chi connectivity index (χ0n) is 23.4. The lowest BCUT2D eigenvalue weighted by Gasteiger charge is -2.26. The summed E-state index contributed by atoms with van der Waals surface area (Å²) < 4.78 is 0. The van der Waals surface area contributed by atoms with Gasteiger partial charge in [-0.3, -0.25) is 0 Å². The van der Waals surface area contributed by atoms with E-state index in [1.54, 1.807) is 0 Å². The zero-order chi connectivity index (χ0) is 28.8. The highest BCUT2D eigenvalue weighted by atomic mass is 15.1. The molecule has 43 heavy (non-hydrogen) atoms. The molecule has 0 radical (unpaired) electrons. The van der Waals surface area contributed by atoms with Gasteiger partial charge in [-0.05, 0) is 97.7 Å². The van der Waals surface area contributed by atoms with Crippen LogP contribution in [0.25, 0.3) is 55.3 Å². The van der Waals surface area contributed by atoms with Crippen molar-refractivity contribution >= 4 is 27.8 Å². The standard InChI is InChI=1S/C41H26N2/c42-27-30-9-4-5-12-34(30)28-17-21-32(22-18-28)43(31-10-2-1-3-11-31)33-23-19-29(20-24-33)35-25-26-40-37-14-7-6-13-36(37)39-16-8-15-38(35)41(39)40/h1-26H. The SMILES string of the molecule is N#Cc1ccccc1-c1ccc(N(c2ccccc2)c2ccc(-c3ccc4c5c(cccc35)-c3ccccc3-4)cc2)cc1. The van der Waals surface area contributed by atoms with Crippen LogP contribution < -0.4 is 4.90 Å². The Morgan fingerprint density at radius 3 is 1.51 bits per heavy atom. The molecular weight excluding hydrogens is 520 g/mol. The third-order valence-electron chi connectivity index (χ3n) is 8.48. The highest BCUT2D eigenvalue weighted by Crippen LogP contribution is 2.49. The van der Waals surface area contributed by atoms with Crippen molar-refractivity contribution in [2.24, 2.45) is 0 Å². The van der Waals surface area contributed by atoms with E-state index in [0.717, 1.165) is 28.2 Å². The molecule has 1 aliphatic carbocycles. The van der Waals surface area contributed by atoms with Gasteiger partial charge >= 0.3 is 0 Å². The maximum atomic E-state index is 9.60. The molecule has 7 aromatic rings. The van der Waals surface area contributed by atoms with Gasteiger partial charge < -0.3 is 4.90 Å². The molecule has 0 aliphatic heterocycles. The molecule has 0 amide bonds. The fourth-order valence-corrected chi connectivity index (χ4v) is 6.50. The normalized spacial score (nSPS) is 11.2. The number of para-hydroxylation sites is 1. The van der Waals surface area contributed by atoms with Gasteiger partial charge in [0.15, 0.2) is 0 Å². The maximum absolute atomic E-state index is 9.60. The third-order valence-corrected chi connectivity index (χ3v) is 8.48. The van der Waals surface area contributed by atoms with Crippen LogP contribution in [0.15, 0.2) is 158 Å². The van der Waals surface area contributed by atoms with E-state index in [1.165, 1.54) is 44.2 Å². The van der Waals surface area contributed by atoms with Crippen molar-refractivity contribution < 1.29 is 0 Å². The molecule has 8 rings (SSSR count). The molecule has 0 atom stereocenters. The van der Waals surface area contributed by atoms with Crippen LogP contribution in [0, 0.1) is 11.3 Å². The van der Waals surface area contributed by atoms with Crippen LogP contribution in [0.2, 0.25) is 0 Å². The molecule has 0 unspecified atom stereocenters. The van der Waals surface area contributed by atoms with Crippen molar-refractivity contribution in [3.63, 3.8) is 0 Å². The van der Waals surface area contributed by atoms with Crippen molar-refractivity contribution in [1.82, 2.24) is 0 Å². The maximum Gasteiger partial charge on any atom is 0.0998 e. The Kier molecular flexibility index (Phi) is 5.88. The van der Waals surface area contributed by atoms with Gasteiger partial charge in [-0.15, -0.1) is 0 Å². The number of rotatable bonds is 5. The molecule has 0 aromatic heterocycles. The first-order valence-corrected chi connectivity index (χ1v) is 14.5. The molecule has 0 saturated carbocycles. The minimum absolute atomic E-state index is 0.678. The van der Waals surface area contributed by atoms with Gasteiger partial charge in [0.25, 0.3) is 0 Å². The number of hydrogen-bond acceptors (Lipinski definition) is 2. The fraction of sp³-hybridized carbons (Fsp3) is 0. The molecule has 0 N–H and O–H groups in total. The minimum Gasteiger partial charge on any atom is -0.311 e. The Morgan fingerprint density at radius 2 is 0.860 bits per heavy atom. The third kappa shape index (κ3) is 4.10. The highest BCUT2D eigenvalue weighted by molar-refractivity contribution is 6.18. The Morgan fingerprint density at radius 1 is 0.372 bits per heavy atom. The Labute approximate surface area is 251 Å². The van der Waals surface area contributed by atoms with Gasteiger partial charge in [0.05, 0.1) is 11.6 Å². The summed E-state index contributed by atoms with van der Waals surface area (Å²) in [6.45, 7) is 0. The van der Waals surface area contributed by atoms with E-state index in [1.807, 2.05) is 30.3 Å². The van der Waals surface area contributed by atoms with Gasteiger partial charge in [-0.1, -0.05) is 115 Å². The first-order chi connectivity index (χ1) is 21.3. The van der Waals surface area contributed by atoms with Crippen molar-refractivity contribution in [2.75, 3.05) is 4.90 Å². The lowest BCUT2D eigenvalue weighted by atomic mass is 9.94. The summed E-state index contributed by atoms with van der Waals surface area (Å²) >= 11 is 0. The summed E-state index contributed by atoms with van der Waals surface area (Å²) in [7, 11) is 0. The minimum atomic E-state index is 0.678. The molecule has 0 heterocycles. The van der Waals surface area contributed by atoms with E-state index in [9.17, 15) is 5.26 Å². The molecule has 200 valence electrons. The summed E-state index contributed by atoms with van der Waals surface area (Å²) in [4.78, 5) is 2.27. The highest BCUT2D eigenvalue weighted by Gasteiger charge is 2.22. The second-order valence-electron chi connectivity index (χ2n) is 10.9. The van der Waals surface area contributed by atoms with Crippen LogP contribution in [0.1, 0.15) is 5.56 Å². The number of nitriles is 1. The molecular formula is C41H26N2. The predicted octanol–water partition coefficient (Wildman–Crippen LogP) is 11.2. The lowest BCUT2D eigenvalue weighted by molar-refractivity contribution is 1.28. The van der Waals surface area contributed by atoms with Crippen LogP contribution in [0.5, 0.6) is 0 Å².